The maximum Gasteiger partial charge on any atom is 0.191 e. The molecule has 0 aromatic heterocycles. The first-order valence-corrected chi connectivity index (χ1v) is 8.61. The van der Waals surface area contributed by atoms with Gasteiger partial charge in [0.1, 0.15) is 5.82 Å². The number of guanidine groups is 1. The third kappa shape index (κ3) is 8.28. The van der Waals surface area contributed by atoms with Crippen LogP contribution in [-0.4, -0.2) is 49.6 Å². The number of nitrogens with zero attached hydrogens (tertiary/aromatic N) is 2. The smallest absolute Gasteiger partial charge is 0.191 e. The normalized spacial score (nSPS) is 12.7. The molecule has 0 saturated heterocycles. The van der Waals surface area contributed by atoms with Crippen molar-refractivity contribution < 1.29 is 4.39 Å². The molecule has 0 aliphatic rings. The zero-order valence-corrected chi connectivity index (χ0v) is 17.6. The highest BCUT2D eigenvalue weighted by Crippen LogP contribution is 2.06. The Balaban J connectivity index is 0.00000529. The molecule has 1 aromatic rings. The highest BCUT2D eigenvalue weighted by Gasteiger charge is 2.09. The van der Waals surface area contributed by atoms with Crippen LogP contribution in [0.3, 0.4) is 0 Å². The van der Waals surface area contributed by atoms with E-state index in [0.717, 1.165) is 37.7 Å². The summed E-state index contributed by atoms with van der Waals surface area (Å²) in [7, 11) is 0. The molecule has 138 valence electrons. The summed E-state index contributed by atoms with van der Waals surface area (Å²) >= 11 is 0. The summed E-state index contributed by atoms with van der Waals surface area (Å²) in [6.07, 6.45) is 0.642. The van der Waals surface area contributed by atoms with Gasteiger partial charge in [-0.25, -0.2) is 4.39 Å². The van der Waals surface area contributed by atoms with Gasteiger partial charge in [-0.1, -0.05) is 32.0 Å². The van der Waals surface area contributed by atoms with Crippen molar-refractivity contribution in [2.24, 2.45) is 4.99 Å². The van der Waals surface area contributed by atoms with Gasteiger partial charge in [0.2, 0.25) is 0 Å². The lowest BCUT2D eigenvalue weighted by molar-refractivity contribution is 0.237. The fourth-order valence-corrected chi connectivity index (χ4v) is 2.54. The maximum absolute atomic E-state index is 13.6. The van der Waals surface area contributed by atoms with Gasteiger partial charge in [-0.05, 0) is 45.0 Å². The van der Waals surface area contributed by atoms with E-state index in [9.17, 15) is 4.39 Å². The van der Waals surface area contributed by atoms with E-state index in [0.29, 0.717) is 19.0 Å². The van der Waals surface area contributed by atoms with E-state index in [-0.39, 0.29) is 29.8 Å². The topological polar surface area (TPSA) is 39.7 Å². The van der Waals surface area contributed by atoms with Crippen LogP contribution in [0.25, 0.3) is 0 Å². The number of hydrogen-bond acceptors (Lipinski definition) is 2. The van der Waals surface area contributed by atoms with Gasteiger partial charge in [-0.3, -0.25) is 9.89 Å². The Labute approximate surface area is 163 Å². The number of nitrogens with one attached hydrogen (secondary N) is 2. The molecule has 0 amide bonds. The molecule has 4 nitrogen and oxygen atoms in total. The molecule has 6 heteroatoms. The van der Waals surface area contributed by atoms with E-state index in [1.807, 2.05) is 19.1 Å². The van der Waals surface area contributed by atoms with Crippen molar-refractivity contribution in [2.45, 2.75) is 40.2 Å². The van der Waals surface area contributed by atoms with Crippen molar-refractivity contribution in [1.82, 2.24) is 15.5 Å². The van der Waals surface area contributed by atoms with Crippen molar-refractivity contribution in [1.29, 1.82) is 0 Å². The molecule has 0 fully saturated rings. The lowest BCUT2D eigenvalue weighted by Crippen LogP contribution is -2.40. The minimum Gasteiger partial charge on any atom is -0.357 e. The van der Waals surface area contributed by atoms with Gasteiger partial charge in [-0.15, -0.1) is 24.0 Å². The number of aliphatic imine (C=N–C) groups is 1. The van der Waals surface area contributed by atoms with Crippen molar-refractivity contribution in [3.8, 4) is 0 Å². The second-order valence-corrected chi connectivity index (χ2v) is 5.56. The van der Waals surface area contributed by atoms with Crippen LogP contribution in [0.2, 0.25) is 0 Å². The summed E-state index contributed by atoms with van der Waals surface area (Å²) in [5.41, 5.74) is 0.729. The van der Waals surface area contributed by atoms with Gasteiger partial charge >= 0.3 is 0 Å². The number of rotatable bonds is 9. The Kier molecular flexibility index (Phi) is 12.9. The standard InChI is InChI=1S/C18H31FN4.HI/c1-5-20-18(22-14-15(4)23(6-2)7-3)21-13-12-16-10-8-9-11-17(16)19;/h8-11,15H,5-7,12-14H2,1-4H3,(H2,20,21,22);1H. The molecule has 0 bridgehead atoms. The molecule has 1 rings (SSSR count). The second-order valence-electron chi connectivity index (χ2n) is 5.56. The minimum atomic E-state index is -0.147. The number of benzene rings is 1. The van der Waals surface area contributed by atoms with E-state index in [1.165, 1.54) is 6.07 Å². The maximum atomic E-state index is 13.6. The molecule has 1 unspecified atom stereocenters. The predicted octanol–water partition coefficient (Wildman–Crippen LogP) is 3.27. The van der Waals surface area contributed by atoms with E-state index in [4.69, 9.17) is 0 Å². The average Bonchev–Trinajstić information content (AvgIpc) is 2.55. The Hall–Kier alpha value is -0.890. The van der Waals surface area contributed by atoms with Crippen molar-refractivity contribution in [2.75, 3.05) is 32.7 Å². The quantitative estimate of drug-likeness (QED) is 0.345. The molecular formula is C18H32FIN4. The zero-order chi connectivity index (χ0) is 17.1. The van der Waals surface area contributed by atoms with E-state index in [2.05, 4.69) is 41.3 Å². The lowest BCUT2D eigenvalue weighted by Gasteiger charge is -2.25. The molecule has 2 N–H and O–H groups in total. The van der Waals surface area contributed by atoms with Gasteiger partial charge in [0.15, 0.2) is 5.96 Å². The molecule has 24 heavy (non-hydrogen) atoms. The summed E-state index contributed by atoms with van der Waals surface area (Å²) < 4.78 is 13.6. The Morgan fingerprint density at radius 2 is 1.83 bits per heavy atom. The van der Waals surface area contributed by atoms with Crippen LogP contribution < -0.4 is 10.6 Å². The van der Waals surface area contributed by atoms with Gasteiger partial charge < -0.3 is 10.6 Å². The summed E-state index contributed by atoms with van der Waals surface area (Å²) in [6.45, 7) is 12.9. The van der Waals surface area contributed by atoms with Gasteiger partial charge in [0, 0.05) is 19.1 Å². The number of likely N-dealkylation sites (N-methyl/N-ethyl adjacent to an activating group) is 1. The average molecular weight is 450 g/mol. The van der Waals surface area contributed by atoms with Crippen LogP contribution in [0, 0.1) is 5.82 Å². The van der Waals surface area contributed by atoms with Crippen molar-refractivity contribution >= 4 is 29.9 Å². The Bertz CT molecular complexity index is 478. The first-order valence-electron chi connectivity index (χ1n) is 8.61. The third-order valence-corrected chi connectivity index (χ3v) is 3.94. The van der Waals surface area contributed by atoms with Gasteiger partial charge in [0.25, 0.3) is 0 Å². The summed E-state index contributed by atoms with van der Waals surface area (Å²) in [5.74, 6) is 0.647. The second kappa shape index (κ2) is 13.4. The molecule has 0 aliphatic heterocycles. The molecule has 0 aliphatic carbocycles. The van der Waals surface area contributed by atoms with Crippen LogP contribution in [-0.2, 0) is 6.42 Å². The Morgan fingerprint density at radius 1 is 1.17 bits per heavy atom. The third-order valence-electron chi connectivity index (χ3n) is 3.94. The van der Waals surface area contributed by atoms with E-state index in [1.54, 1.807) is 6.07 Å². The molecule has 1 atom stereocenters. The zero-order valence-electron chi connectivity index (χ0n) is 15.3. The van der Waals surface area contributed by atoms with Gasteiger partial charge in [0.05, 0.1) is 6.54 Å². The monoisotopic (exact) mass is 450 g/mol. The van der Waals surface area contributed by atoms with Crippen molar-refractivity contribution in [3.63, 3.8) is 0 Å². The fraction of sp³-hybridized carbons (Fsp3) is 0.611. The van der Waals surface area contributed by atoms with Gasteiger partial charge in [-0.2, -0.15) is 0 Å². The number of halogens is 2. The van der Waals surface area contributed by atoms with E-state index >= 15 is 0 Å². The molecule has 0 spiro atoms. The number of hydrogen-bond donors (Lipinski definition) is 2. The van der Waals surface area contributed by atoms with Crippen LogP contribution in [0.5, 0.6) is 0 Å². The van der Waals surface area contributed by atoms with Crippen LogP contribution >= 0.6 is 24.0 Å². The molecule has 0 radical (unpaired) electrons. The van der Waals surface area contributed by atoms with Crippen LogP contribution in [0.1, 0.15) is 33.3 Å². The lowest BCUT2D eigenvalue weighted by atomic mass is 10.1. The molecule has 0 saturated carbocycles. The predicted molar refractivity (Wildman–Crippen MR) is 112 cm³/mol. The summed E-state index contributed by atoms with van der Waals surface area (Å²) in [4.78, 5) is 7.02. The summed E-state index contributed by atoms with van der Waals surface area (Å²) in [5, 5.41) is 6.52. The molecule has 1 aromatic carbocycles. The van der Waals surface area contributed by atoms with Crippen LogP contribution in [0.4, 0.5) is 4.39 Å². The largest absolute Gasteiger partial charge is 0.357 e. The highest BCUT2D eigenvalue weighted by molar-refractivity contribution is 14.0. The van der Waals surface area contributed by atoms with E-state index < -0.39 is 0 Å². The highest BCUT2D eigenvalue weighted by atomic mass is 127. The first-order chi connectivity index (χ1) is 11.1. The first kappa shape index (κ1) is 23.1. The Morgan fingerprint density at radius 3 is 2.42 bits per heavy atom. The van der Waals surface area contributed by atoms with Crippen LogP contribution in [0.15, 0.2) is 29.3 Å². The fourth-order valence-electron chi connectivity index (χ4n) is 2.54. The van der Waals surface area contributed by atoms with Crippen molar-refractivity contribution in [3.05, 3.63) is 35.6 Å². The molecule has 0 heterocycles. The molecular weight excluding hydrogens is 418 g/mol. The minimum absolute atomic E-state index is 0. The SMILES string of the molecule is CCNC(=NCC(C)N(CC)CC)NCCc1ccccc1F.I. The summed E-state index contributed by atoms with van der Waals surface area (Å²) in [6, 6.07) is 7.31.